The summed E-state index contributed by atoms with van der Waals surface area (Å²) in [5, 5.41) is 5.93. The molecule has 0 heterocycles. The van der Waals surface area contributed by atoms with Crippen molar-refractivity contribution in [1.29, 1.82) is 0 Å². The van der Waals surface area contributed by atoms with Gasteiger partial charge in [-0.3, -0.25) is 9.59 Å². The van der Waals surface area contributed by atoms with Gasteiger partial charge in [-0.25, -0.2) is 0 Å². The summed E-state index contributed by atoms with van der Waals surface area (Å²) in [7, 11) is 0. The van der Waals surface area contributed by atoms with E-state index in [0.29, 0.717) is 31.0 Å². The molecular weight excluding hydrogens is 314 g/mol. The molecule has 1 fully saturated rings. The first kappa shape index (κ1) is 19.5. The molecule has 1 aromatic rings. The van der Waals surface area contributed by atoms with Gasteiger partial charge in [-0.1, -0.05) is 12.8 Å². The van der Waals surface area contributed by atoms with Gasteiger partial charge in [0.1, 0.15) is 0 Å². The smallest absolute Gasteiger partial charge is 0.251 e. The van der Waals surface area contributed by atoms with Crippen LogP contribution in [0.15, 0.2) is 18.2 Å². The van der Waals surface area contributed by atoms with Crippen molar-refractivity contribution < 1.29 is 9.59 Å². The molecule has 0 unspecified atom stereocenters. The predicted octanol–water partition coefficient (Wildman–Crippen LogP) is 2.77. The first-order chi connectivity index (χ1) is 10.6. The van der Waals surface area contributed by atoms with E-state index in [0.717, 1.165) is 24.1 Å². The molecule has 1 aromatic carbocycles. The van der Waals surface area contributed by atoms with Gasteiger partial charge in [0.25, 0.3) is 5.91 Å². The summed E-state index contributed by atoms with van der Waals surface area (Å²) in [6.45, 7) is 2.40. The molecule has 2 rings (SSSR count). The summed E-state index contributed by atoms with van der Waals surface area (Å²) < 4.78 is 0. The molecule has 0 saturated heterocycles. The highest BCUT2D eigenvalue weighted by Gasteiger charge is 2.18. The van der Waals surface area contributed by atoms with Crippen LogP contribution in [0.1, 0.15) is 54.4 Å². The van der Waals surface area contributed by atoms with E-state index in [1.165, 1.54) is 12.8 Å². The topological polar surface area (TPSA) is 84.2 Å². The van der Waals surface area contributed by atoms with E-state index in [1.807, 2.05) is 13.0 Å². The Kier molecular flexibility index (Phi) is 8.06. The quantitative estimate of drug-likeness (QED) is 0.745. The van der Waals surface area contributed by atoms with Crippen LogP contribution in [-0.4, -0.2) is 24.4 Å². The van der Waals surface area contributed by atoms with Crippen molar-refractivity contribution in [2.45, 2.75) is 51.5 Å². The van der Waals surface area contributed by atoms with Crippen LogP contribution in [0.3, 0.4) is 0 Å². The summed E-state index contributed by atoms with van der Waals surface area (Å²) in [5.74, 6) is -0.0762. The standard InChI is InChI=1S/C17H25N3O2.ClH/c1-12-11-13(17(22)19-14-5-2-3-6-14)8-9-15(12)20-16(21)7-4-10-18;/h8-9,11,14H,2-7,10,18H2,1H3,(H,19,22)(H,20,21);1H. The van der Waals surface area contributed by atoms with E-state index in [9.17, 15) is 9.59 Å². The van der Waals surface area contributed by atoms with Gasteiger partial charge >= 0.3 is 0 Å². The van der Waals surface area contributed by atoms with Crippen LogP contribution in [-0.2, 0) is 4.79 Å². The normalized spacial score (nSPS) is 14.2. The second kappa shape index (κ2) is 9.53. The second-order valence-electron chi connectivity index (χ2n) is 5.92. The van der Waals surface area contributed by atoms with Crippen LogP contribution < -0.4 is 16.4 Å². The van der Waals surface area contributed by atoms with Crippen molar-refractivity contribution in [3.8, 4) is 0 Å². The summed E-state index contributed by atoms with van der Waals surface area (Å²) in [5.41, 5.74) is 7.68. The highest BCUT2D eigenvalue weighted by molar-refractivity contribution is 5.96. The summed E-state index contributed by atoms with van der Waals surface area (Å²) in [6.07, 6.45) is 5.61. The lowest BCUT2D eigenvalue weighted by Crippen LogP contribution is -2.32. The maximum atomic E-state index is 12.2. The van der Waals surface area contributed by atoms with Gasteiger partial charge in [-0.15, -0.1) is 12.4 Å². The fourth-order valence-electron chi connectivity index (χ4n) is 2.76. The molecule has 1 saturated carbocycles. The van der Waals surface area contributed by atoms with E-state index in [2.05, 4.69) is 10.6 Å². The molecule has 4 N–H and O–H groups in total. The van der Waals surface area contributed by atoms with Gasteiger partial charge < -0.3 is 16.4 Å². The third kappa shape index (κ3) is 5.84. The average Bonchev–Trinajstić information content (AvgIpc) is 3.00. The average molecular weight is 340 g/mol. The first-order valence-corrected chi connectivity index (χ1v) is 8.01. The maximum Gasteiger partial charge on any atom is 0.251 e. The Hall–Kier alpha value is -1.59. The number of benzene rings is 1. The third-order valence-electron chi connectivity index (χ3n) is 4.06. The van der Waals surface area contributed by atoms with Crippen molar-refractivity contribution in [1.82, 2.24) is 5.32 Å². The van der Waals surface area contributed by atoms with E-state index >= 15 is 0 Å². The van der Waals surface area contributed by atoms with Crippen molar-refractivity contribution in [2.24, 2.45) is 5.73 Å². The number of rotatable bonds is 6. The Bertz CT molecular complexity index is 543. The number of hydrogen-bond acceptors (Lipinski definition) is 3. The predicted molar refractivity (Wildman–Crippen MR) is 95.1 cm³/mol. The number of carbonyl (C=O) groups excluding carboxylic acids is 2. The van der Waals surface area contributed by atoms with Gasteiger partial charge in [0.2, 0.25) is 5.91 Å². The number of halogens is 1. The molecule has 1 aliphatic carbocycles. The highest BCUT2D eigenvalue weighted by Crippen LogP contribution is 2.20. The minimum Gasteiger partial charge on any atom is -0.349 e. The lowest BCUT2D eigenvalue weighted by molar-refractivity contribution is -0.116. The van der Waals surface area contributed by atoms with Gasteiger partial charge in [0, 0.05) is 23.7 Å². The Morgan fingerprint density at radius 3 is 2.57 bits per heavy atom. The fourth-order valence-corrected chi connectivity index (χ4v) is 2.76. The van der Waals surface area contributed by atoms with E-state index in [-0.39, 0.29) is 24.2 Å². The number of carbonyl (C=O) groups is 2. The van der Waals surface area contributed by atoms with Crippen LogP contribution >= 0.6 is 12.4 Å². The van der Waals surface area contributed by atoms with Gasteiger partial charge in [-0.2, -0.15) is 0 Å². The zero-order valence-electron chi connectivity index (χ0n) is 13.6. The molecule has 0 aliphatic heterocycles. The Labute approximate surface area is 143 Å². The first-order valence-electron chi connectivity index (χ1n) is 8.01. The molecule has 23 heavy (non-hydrogen) atoms. The van der Waals surface area contributed by atoms with Crippen molar-refractivity contribution >= 4 is 29.9 Å². The van der Waals surface area contributed by atoms with Crippen molar-refractivity contribution in [2.75, 3.05) is 11.9 Å². The summed E-state index contributed by atoms with van der Waals surface area (Å²) >= 11 is 0. The van der Waals surface area contributed by atoms with Crippen molar-refractivity contribution in [3.63, 3.8) is 0 Å². The van der Waals surface area contributed by atoms with Crippen molar-refractivity contribution in [3.05, 3.63) is 29.3 Å². The largest absolute Gasteiger partial charge is 0.349 e. The minimum absolute atomic E-state index is 0. The molecule has 0 spiro atoms. The van der Waals surface area contributed by atoms with Crippen LogP contribution in [0.4, 0.5) is 5.69 Å². The summed E-state index contributed by atoms with van der Waals surface area (Å²) in [4.78, 5) is 23.9. The molecule has 128 valence electrons. The van der Waals surface area contributed by atoms with E-state index < -0.39 is 0 Å². The Morgan fingerprint density at radius 2 is 1.96 bits per heavy atom. The molecule has 2 amide bonds. The lowest BCUT2D eigenvalue weighted by Gasteiger charge is -2.13. The number of hydrogen-bond donors (Lipinski definition) is 3. The Balaban J connectivity index is 0.00000264. The molecule has 6 heteroatoms. The van der Waals surface area contributed by atoms with Gasteiger partial charge in [0.05, 0.1) is 0 Å². The van der Waals surface area contributed by atoms with E-state index in [1.54, 1.807) is 12.1 Å². The lowest BCUT2D eigenvalue weighted by atomic mass is 10.1. The third-order valence-corrected chi connectivity index (χ3v) is 4.06. The molecule has 0 atom stereocenters. The number of aryl methyl sites for hydroxylation is 1. The van der Waals surface area contributed by atoms with Crippen LogP contribution in [0.2, 0.25) is 0 Å². The number of amides is 2. The highest BCUT2D eigenvalue weighted by atomic mass is 35.5. The molecule has 0 radical (unpaired) electrons. The van der Waals surface area contributed by atoms with Crippen LogP contribution in [0.25, 0.3) is 0 Å². The molecular formula is C17H26ClN3O2. The van der Waals surface area contributed by atoms with Crippen LogP contribution in [0.5, 0.6) is 0 Å². The maximum absolute atomic E-state index is 12.2. The molecule has 5 nitrogen and oxygen atoms in total. The summed E-state index contributed by atoms with van der Waals surface area (Å²) in [6, 6.07) is 5.68. The zero-order chi connectivity index (χ0) is 15.9. The number of nitrogens with one attached hydrogen (secondary N) is 2. The molecule has 1 aliphatic rings. The Morgan fingerprint density at radius 1 is 1.26 bits per heavy atom. The van der Waals surface area contributed by atoms with E-state index in [4.69, 9.17) is 5.73 Å². The monoisotopic (exact) mass is 339 g/mol. The number of nitrogens with two attached hydrogens (primary N) is 1. The molecule has 0 aromatic heterocycles. The minimum atomic E-state index is -0.0447. The van der Waals surface area contributed by atoms with Gasteiger partial charge in [-0.05, 0) is 56.5 Å². The van der Waals surface area contributed by atoms with Gasteiger partial charge in [0.15, 0.2) is 0 Å². The second-order valence-corrected chi connectivity index (χ2v) is 5.92. The SMILES string of the molecule is Cc1cc(C(=O)NC2CCCC2)ccc1NC(=O)CCCN.Cl. The molecule has 0 bridgehead atoms. The zero-order valence-corrected chi connectivity index (χ0v) is 14.4. The fraction of sp³-hybridized carbons (Fsp3) is 0.529. The van der Waals surface area contributed by atoms with Crippen LogP contribution in [0, 0.1) is 6.92 Å². The number of anilines is 1.